The molecule has 0 radical (unpaired) electrons. The molecule has 2 aliphatic rings. The molecule has 2 fully saturated rings. The molecule has 3 aromatic carbocycles. The van der Waals surface area contributed by atoms with E-state index in [-0.39, 0.29) is 15.5 Å². The normalized spacial score (nSPS) is 18.1. The quantitative estimate of drug-likeness (QED) is 0.272. The minimum atomic E-state index is -4.02. The van der Waals surface area contributed by atoms with Crippen LogP contribution in [0.25, 0.3) is 11.3 Å². The van der Waals surface area contributed by atoms with Crippen LogP contribution >= 0.6 is 0 Å². The van der Waals surface area contributed by atoms with Gasteiger partial charge in [0.05, 0.1) is 15.5 Å². The molecule has 0 spiro atoms. The van der Waals surface area contributed by atoms with Crippen molar-refractivity contribution >= 4 is 26.1 Å². The standard InChI is InChI=1S/C17H20N4O.2C7H8O3S/c1-20-8-13-10-21(11-14(13)9-20)17-7-6-16(18-19-17)12-2-4-15(22)5-3-12;2*1-6-2-4-7(5-3-6)11(8,9)10/h2-7,13-14,22H,8-11H2,1H3;2*2-5H,1H3,(H,8,9,10)/t13-,14+;;. The van der Waals surface area contributed by atoms with Crippen molar-refractivity contribution < 1.29 is 31.0 Å². The average molecular weight is 641 g/mol. The Labute approximate surface area is 258 Å². The predicted molar refractivity (Wildman–Crippen MR) is 168 cm³/mol. The van der Waals surface area contributed by atoms with Crippen LogP contribution in [0.3, 0.4) is 0 Å². The Hall–Kier alpha value is -3.88. The maximum atomic E-state index is 10.5. The van der Waals surface area contributed by atoms with E-state index in [1.807, 2.05) is 32.0 Å². The van der Waals surface area contributed by atoms with Gasteiger partial charge in [-0.3, -0.25) is 9.11 Å². The summed E-state index contributed by atoms with van der Waals surface area (Å²) in [6, 6.07) is 23.1. The van der Waals surface area contributed by atoms with Crippen LogP contribution in [0.4, 0.5) is 5.82 Å². The zero-order chi connectivity index (χ0) is 32.1. The lowest BCUT2D eigenvalue weighted by atomic mass is 10.0. The number of aromatic nitrogens is 2. The van der Waals surface area contributed by atoms with E-state index in [2.05, 4.69) is 33.1 Å². The van der Waals surface area contributed by atoms with Gasteiger partial charge >= 0.3 is 0 Å². The second-order valence-electron chi connectivity index (χ2n) is 11.0. The van der Waals surface area contributed by atoms with Gasteiger partial charge in [-0.05, 0) is 93.4 Å². The molecule has 4 aromatic rings. The fraction of sp³-hybridized carbons (Fsp3) is 0.290. The van der Waals surface area contributed by atoms with Crippen LogP contribution in [0, 0.1) is 25.7 Å². The van der Waals surface area contributed by atoms with Crippen molar-refractivity contribution in [1.29, 1.82) is 0 Å². The van der Waals surface area contributed by atoms with Crippen LogP contribution in [0.2, 0.25) is 0 Å². The van der Waals surface area contributed by atoms with Crippen molar-refractivity contribution in [3.63, 3.8) is 0 Å². The minimum absolute atomic E-state index is 0.0666. The summed E-state index contributed by atoms with van der Waals surface area (Å²) in [5, 5.41) is 18.1. The number of aryl methyl sites for hydroxylation is 2. The number of rotatable bonds is 4. The second kappa shape index (κ2) is 13.8. The second-order valence-corrected chi connectivity index (χ2v) is 13.9. The van der Waals surface area contributed by atoms with E-state index in [1.165, 1.54) is 37.4 Å². The summed E-state index contributed by atoms with van der Waals surface area (Å²) in [5.41, 5.74) is 3.72. The van der Waals surface area contributed by atoms with E-state index in [0.29, 0.717) is 0 Å². The minimum Gasteiger partial charge on any atom is -0.508 e. The Morgan fingerprint density at radius 3 is 1.48 bits per heavy atom. The van der Waals surface area contributed by atoms with Gasteiger partial charge in [0.2, 0.25) is 0 Å². The molecule has 2 aliphatic heterocycles. The van der Waals surface area contributed by atoms with E-state index in [1.54, 1.807) is 36.4 Å². The van der Waals surface area contributed by atoms with Crippen LogP contribution in [0.1, 0.15) is 11.1 Å². The third-order valence-corrected chi connectivity index (χ3v) is 9.18. The van der Waals surface area contributed by atoms with E-state index in [4.69, 9.17) is 9.11 Å². The smallest absolute Gasteiger partial charge is 0.294 e. The first-order valence-electron chi connectivity index (χ1n) is 13.8. The molecule has 2 atom stereocenters. The first-order chi connectivity index (χ1) is 20.7. The van der Waals surface area contributed by atoms with Crippen LogP contribution in [0.5, 0.6) is 5.75 Å². The van der Waals surface area contributed by atoms with Crippen molar-refractivity contribution in [3.05, 3.63) is 96.1 Å². The fourth-order valence-electron chi connectivity index (χ4n) is 5.12. The van der Waals surface area contributed by atoms with Gasteiger partial charge in [-0.2, -0.15) is 16.8 Å². The highest BCUT2D eigenvalue weighted by Gasteiger charge is 2.39. The number of hydrogen-bond acceptors (Lipinski definition) is 9. The number of aromatic hydroxyl groups is 1. The molecule has 2 saturated heterocycles. The number of likely N-dealkylation sites (tertiary alicyclic amines) is 1. The summed E-state index contributed by atoms with van der Waals surface area (Å²) in [5.74, 6) is 2.77. The van der Waals surface area contributed by atoms with E-state index >= 15 is 0 Å². The molecule has 3 N–H and O–H groups in total. The summed E-state index contributed by atoms with van der Waals surface area (Å²) in [6.45, 7) is 8.24. The maximum Gasteiger partial charge on any atom is 0.294 e. The lowest BCUT2D eigenvalue weighted by Gasteiger charge is -2.19. The van der Waals surface area contributed by atoms with E-state index in [0.717, 1.165) is 53.1 Å². The molecule has 3 heterocycles. The summed E-state index contributed by atoms with van der Waals surface area (Å²) in [7, 11) is -5.84. The lowest BCUT2D eigenvalue weighted by Crippen LogP contribution is -2.27. The number of anilines is 1. The van der Waals surface area contributed by atoms with E-state index in [9.17, 15) is 21.9 Å². The van der Waals surface area contributed by atoms with Crippen LogP contribution in [-0.4, -0.2) is 79.4 Å². The number of phenols is 1. The highest BCUT2D eigenvalue weighted by molar-refractivity contribution is 7.86. The van der Waals surface area contributed by atoms with Gasteiger partial charge < -0.3 is 14.9 Å². The Bertz CT molecular complexity index is 1660. The summed E-state index contributed by atoms with van der Waals surface area (Å²) >= 11 is 0. The summed E-state index contributed by atoms with van der Waals surface area (Å²) in [4.78, 5) is 4.65. The molecule has 11 nitrogen and oxygen atoms in total. The molecule has 13 heteroatoms. The Balaban J connectivity index is 0.000000169. The Morgan fingerprint density at radius 2 is 1.09 bits per heavy atom. The predicted octanol–water partition coefficient (Wildman–Crippen LogP) is 4.33. The topological polar surface area (TPSA) is 161 Å². The number of fused-ring (bicyclic) bond motifs is 1. The van der Waals surface area contributed by atoms with Gasteiger partial charge in [0.25, 0.3) is 20.2 Å². The fourth-order valence-corrected chi connectivity index (χ4v) is 6.08. The Morgan fingerprint density at radius 1 is 0.636 bits per heavy atom. The van der Waals surface area contributed by atoms with Crippen LogP contribution in [0.15, 0.2) is 94.7 Å². The third kappa shape index (κ3) is 9.07. The van der Waals surface area contributed by atoms with Crippen LogP contribution < -0.4 is 4.90 Å². The van der Waals surface area contributed by atoms with Crippen molar-refractivity contribution in [2.75, 3.05) is 38.1 Å². The number of hydrogen-bond donors (Lipinski definition) is 3. The monoisotopic (exact) mass is 640 g/mol. The molecule has 1 aromatic heterocycles. The number of phenolic OH excluding ortho intramolecular Hbond substituents is 1. The van der Waals surface area contributed by atoms with Gasteiger partial charge in [-0.1, -0.05) is 35.4 Å². The SMILES string of the molecule is CN1C[C@@H]2CN(c3ccc(-c4ccc(O)cc4)nn3)C[C@@H]2C1.Cc1ccc(S(=O)(=O)O)cc1.Cc1ccc(S(=O)(=O)O)cc1. The zero-order valence-corrected chi connectivity index (χ0v) is 26.3. The van der Waals surface area contributed by atoms with Gasteiger partial charge in [0, 0.05) is 31.7 Å². The van der Waals surface area contributed by atoms with E-state index < -0.39 is 20.2 Å². The molecule has 6 rings (SSSR count). The number of nitrogens with zero attached hydrogens (tertiary/aromatic N) is 4. The number of benzene rings is 3. The maximum absolute atomic E-state index is 10.5. The van der Waals surface area contributed by atoms with Gasteiger partial charge in [0.15, 0.2) is 5.82 Å². The molecular weight excluding hydrogens is 604 g/mol. The first-order valence-corrected chi connectivity index (χ1v) is 16.7. The van der Waals surface area contributed by atoms with Gasteiger partial charge in [0.1, 0.15) is 5.75 Å². The Kier molecular flexibility index (Phi) is 10.4. The van der Waals surface area contributed by atoms with Crippen molar-refractivity contribution in [1.82, 2.24) is 15.1 Å². The molecule has 0 saturated carbocycles. The molecule has 44 heavy (non-hydrogen) atoms. The molecular formula is C31H36N4O7S2. The molecule has 0 unspecified atom stereocenters. The van der Waals surface area contributed by atoms with Gasteiger partial charge in [-0.15, -0.1) is 10.2 Å². The van der Waals surface area contributed by atoms with Gasteiger partial charge in [-0.25, -0.2) is 0 Å². The van der Waals surface area contributed by atoms with Crippen molar-refractivity contribution in [3.8, 4) is 17.0 Å². The van der Waals surface area contributed by atoms with Crippen molar-refractivity contribution in [2.24, 2.45) is 11.8 Å². The zero-order valence-electron chi connectivity index (χ0n) is 24.6. The summed E-state index contributed by atoms with van der Waals surface area (Å²) in [6.07, 6.45) is 0. The summed E-state index contributed by atoms with van der Waals surface area (Å²) < 4.78 is 59.1. The average Bonchev–Trinajstić information content (AvgIpc) is 3.51. The van der Waals surface area contributed by atoms with Crippen molar-refractivity contribution in [2.45, 2.75) is 23.6 Å². The molecule has 234 valence electrons. The largest absolute Gasteiger partial charge is 0.508 e. The highest BCUT2D eigenvalue weighted by Crippen LogP contribution is 2.32. The van der Waals surface area contributed by atoms with Crippen LogP contribution in [-0.2, 0) is 20.2 Å². The molecule has 0 amide bonds. The third-order valence-electron chi connectivity index (χ3n) is 7.44. The lowest BCUT2D eigenvalue weighted by molar-refractivity contribution is 0.387. The molecule has 0 aliphatic carbocycles. The highest BCUT2D eigenvalue weighted by atomic mass is 32.2. The molecule has 0 bridgehead atoms. The first kappa shape index (κ1) is 33.0.